The summed E-state index contributed by atoms with van der Waals surface area (Å²) in [7, 11) is 1.53. The molecule has 2 aromatic rings. The van der Waals surface area contributed by atoms with E-state index in [1.54, 1.807) is 54.3 Å². The Kier molecular flexibility index (Phi) is 8.26. The molecule has 0 aliphatic carbocycles. The second-order valence-corrected chi connectivity index (χ2v) is 8.54. The van der Waals surface area contributed by atoms with Crippen molar-refractivity contribution in [3.63, 3.8) is 0 Å². The predicted octanol–water partition coefficient (Wildman–Crippen LogP) is 5.26. The van der Waals surface area contributed by atoms with Crippen LogP contribution in [0.4, 0.5) is 0 Å². The number of hydrogen-bond donors (Lipinski definition) is 0. The van der Waals surface area contributed by atoms with Crippen LogP contribution < -0.4 is 9.47 Å². The van der Waals surface area contributed by atoms with Gasteiger partial charge < -0.3 is 19.1 Å². The van der Waals surface area contributed by atoms with Gasteiger partial charge in [-0.1, -0.05) is 23.2 Å². The van der Waals surface area contributed by atoms with Crippen LogP contribution in [0.25, 0.3) is 0 Å². The maximum absolute atomic E-state index is 13.0. The molecule has 0 spiro atoms. The molecule has 0 saturated carbocycles. The zero-order valence-electron chi connectivity index (χ0n) is 18.2. The quantitative estimate of drug-likeness (QED) is 0.483. The molecule has 0 atom stereocenters. The van der Waals surface area contributed by atoms with E-state index in [2.05, 4.69) is 0 Å². The smallest absolute Gasteiger partial charge is 0.312 e. The van der Waals surface area contributed by atoms with Gasteiger partial charge in [0.15, 0.2) is 0 Å². The van der Waals surface area contributed by atoms with Crippen LogP contribution in [0.5, 0.6) is 11.5 Å². The van der Waals surface area contributed by atoms with Gasteiger partial charge in [-0.15, -0.1) is 0 Å². The lowest BCUT2D eigenvalue weighted by Crippen LogP contribution is -2.47. The average Bonchev–Trinajstić information content (AvgIpc) is 2.80. The number of likely N-dealkylation sites (tertiary alicyclic amines) is 1. The SMILES string of the molecule is CCOC(=O)C1(CCOc2ccc(Cl)cc2)CCN(C(=O)c2ccc(OC)c(Cl)c2)CC1. The number of benzene rings is 2. The Morgan fingerprint density at radius 3 is 2.34 bits per heavy atom. The minimum absolute atomic E-state index is 0.121. The van der Waals surface area contributed by atoms with E-state index < -0.39 is 5.41 Å². The van der Waals surface area contributed by atoms with Crippen molar-refractivity contribution in [3.05, 3.63) is 58.1 Å². The Morgan fingerprint density at radius 1 is 1.06 bits per heavy atom. The lowest BCUT2D eigenvalue weighted by Gasteiger charge is -2.40. The molecule has 0 aromatic heterocycles. The van der Waals surface area contributed by atoms with Crippen molar-refractivity contribution < 1.29 is 23.8 Å². The molecule has 1 aliphatic rings. The predicted molar refractivity (Wildman–Crippen MR) is 124 cm³/mol. The molecular weight excluding hydrogens is 453 g/mol. The van der Waals surface area contributed by atoms with Gasteiger partial charge in [0, 0.05) is 23.7 Å². The molecule has 0 unspecified atom stereocenters. The first-order valence-electron chi connectivity index (χ1n) is 10.6. The number of piperidine rings is 1. The summed E-state index contributed by atoms with van der Waals surface area (Å²) in [5.41, 5.74) is -0.193. The zero-order valence-corrected chi connectivity index (χ0v) is 19.7. The van der Waals surface area contributed by atoms with Gasteiger partial charge in [-0.2, -0.15) is 0 Å². The zero-order chi connectivity index (χ0) is 23.1. The third-order valence-corrected chi connectivity index (χ3v) is 6.33. The first-order valence-corrected chi connectivity index (χ1v) is 11.3. The number of nitrogens with zero attached hydrogens (tertiary/aromatic N) is 1. The summed E-state index contributed by atoms with van der Waals surface area (Å²) in [5.74, 6) is 0.852. The van der Waals surface area contributed by atoms with Gasteiger partial charge in [-0.3, -0.25) is 9.59 Å². The summed E-state index contributed by atoms with van der Waals surface area (Å²) < 4.78 is 16.4. The number of carbonyl (C=O) groups is 2. The molecule has 0 radical (unpaired) electrons. The largest absolute Gasteiger partial charge is 0.495 e. The number of methoxy groups -OCH3 is 1. The van der Waals surface area contributed by atoms with Gasteiger partial charge in [0.2, 0.25) is 0 Å². The molecule has 172 valence electrons. The molecule has 3 rings (SSSR count). The second kappa shape index (κ2) is 10.9. The number of amides is 1. The highest BCUT2D eigenvalue weighted by Gasteiger charge is 2.43. The summed E-state index contributed by atoms with van der Waals surface area (Å²) in [6, 6.07) is 12.1. The summed E-state index contributed by atoms with van der Waals surface area (Å²) in [6.45, 7) is 3.36. The highest BCUT2D eigenvalue weighted by Crippen LogP contribution is 2.37. The van der Waals surface area contributed by atoms with Crippen LogP contribution in [-0.2, 0) is 9.53 Å². The summed E-state index contributed by atoms with van der Waals surface area (Å²) >= 11 is 12.1. The highest BCUT2D eigenvalue weighted by atomic mass is 35.5. The average molecular weight is 480 g/mol. The molecule has 1 amide bonds. The van der Waals surface area contributed by atoms with Gasteiger partial charge in [-0.25, -0.2) is 0 Å². The third-order valence-electron chi connectivity index (χ3n) is 5.78. The second-order valence-electron chi connectivity index (χ2n) is 7.69. The molecule has 8 heteroatoms. The lowest BCUT2D eigenvalue weighted by molar-refractivity contribution is -0.159. The van der Waals surface area contributed by atoms with E-state index in [1.807, 2.05) is 0 Å². The van der Waals surface area contributed by atoms with Gasteiger partial charge in [0.05, 0.1) is 30.8 Å². The van der Waals surface area contributed by atoms with Crippen LogP contribution in [-0.4, -0.2) is 50.2 Å². The van der Waals surface area contributed by atoms with E-state index in [9.17, 15) is 9.59 Å². The fourth-order valence-corrected chi connectivity index (χ4v) is 4.24. The Bertz CT molecular complexity index is 940. The normalized spacial score (nSPS) is 15.2. The maximum Gasteiger partial charge on any atom is 0.312 e. The minimum atomic E-state index is -0.684. The van der Waals surface area contributed by atoms with Crippen molar-refractivity contribution in [2.45, 2.75) is 26.2 Å². The third kappa shape index (κ3) is 5.67. The van der Waals surface area contributed by atoms with Crippen molar-refractivity contribution in [1.82, 2.24) is 4.90 Å². The van der Waals surface area contributed by atoms with Crippen molar-refractivity contribution in [2.75, 3.05) is 33.4 Å². The van der Waals surface area contributed by atoms with E-state index in [0.29, 0.717) is 72.7 Å². The molecule has 0 N–H and O–H groups in total. The fraction of sp³-hybridized carbons (Fsp3) is 0.417. The van der Waals surface area contributed by atoms with Crippen LogP contribution in [0.15, 0.2) is 42.5 Å². The standard InChI is InChI=1S/C24H27Cl2NO5/c1-3-31-23(29)24(12-15-32-19-7-5-18(25)6-8-19)10-13-27(14-11-24)22(28)17-4-9-21(30-2)20(26)16-17/h4-9,16H,3,10-15H2,1-2H3. The molecule has 6 nitrogen and oxygen atoms in total. The van der Waals surface area contributed by atoms with Gasteiger partial charge in [0.1, 0.15) is 11.5 Å². The molecule has 1 saturated heterocycles. The van der Waals surface area contributed by atoms with Gasteiger partial charge >= 0.3 is 5.97 Å². The number of ether oxygens (including phenoxy) is 3. The van der Waals surface area contributed by atoms with Crippen molar-refractivity contribution in [3.8, 4) is 11.5 Å². The van der Waals surface area contributed by atoms with E-state index in [4.69, 9.17) is 37.4 Å². The Hall–Kier alpha value is -2.44. The monoisotopic (exact) mass is 479 g/mol. The maximum atomic E-state index is 13.0. The van der Waals surface area contributed by atoms with Crippen LogP contribution in [0.2, 0.25) is 10.0 Å². The molecule has 1 aliphatic heterocycles. The number of esters is 1. The number of rotatable bonds is 8. The van der Waals surface area contributed by atoms with Crippen molar-refractivity contribution >= 4 is 35.1 Å². The fourth-order valence-electron chi connectivity index (χ4n) is 3.86. The Morgan fingerprint density at radius 2 is 1.75 bits per heavy atom. The van der Waals surface area contributed by atoms with E-state index in [-0.39, 0.29) is 11.9 Å². The van der Waals surface area contributed by atoms with Crippen LogP contribution in [0, 0.1) is 5.41 Å². The summed E-state index contributed by atoms with van der Waals surface area (Å²) in [6.07, 6.45) is 1.52. The molecule has 1 heterocycles. The minimum Gasteiger partial charge on any atom is -0.495 e. The molecule has 2 aromatic carbocycles. The molecule has 1 fully saturated rings. The number of hydrogen-bond acceptors (Lipinski definition) is 5. The Balaban J connectivity index is 1.64. The molecule has 0 bridgehead atoms. The highest BCUT2D eigenvalue weighted by molar-refractivity contribution is 6.32. The summed E-state index contributed by atoms with van der Waals surface area (Å²) in [5, 5.41) is 1.02. The Labute approximate surface area is 198 Å². The summed E-state index contributed by atoms with van der Waals surface area (Å²) in [4.78, 5) is 27.5. The van der Waals surface area contributed by atoms with Crippen LogP contribution >= 0.6 is 23.2 Å². The van der Waals surface area contributed by atoms with Gasteiger partial charge in [0.25, 0.3) is 5.91 Å². The van der Waals surface area contributed by atoms with E-state index in [1.165, 1.54) is 7.11 Å². The first-order chi connectivity index (χ1) is 15.4. The first kappa shape index (κ1) is 24.2. The van der Waals surface area contributed by atoms with Crippen molar-refractivity contribution in [1.29, 1.82) is 0 Å². The van der Waals surface area contributed by atoms with E-state index >= 15 is 0 Å². The lowest BCUT2D eigenvalue weighted by atomic mass is 9.75. The van der Waals surface area contributed by atoms with E-state index in [0.717, 1.165) is 0 Å². The van der Waals surface area contributed by atoms with Crippen molar-refractivity contribution in [2.24, 2.45) is 5.41 Å². The van der Waals surface area contributed by atoms with Gasteiger partial charge in [-0.05, 0) is 68.7 Å². The number of carbonyl (C=O) groups excluding carboxylic acids is 2. The molecular formula is C24H27Cl2NO5. The topological polar surface area (TPSA) is 65.1 Å². The van der Waals surface area contributed by atoms with Crippen LogP contribution in [0.3, 0.4) is 0 Å². The number of halogens is 2. The molecule has 32 heavy (non-hydrogen) atoms. The van der Waals surface area contributed by atoms with Crippen LogP contribution in [0.1, 0.15) is 36.5 Å².